The minimum Gasteiger partial charge on any atom is -0.359 e. The lowest BCUT2D eigenvalue weighted by Crippen LogP contribution is -2.56. The van der Waals surface area contributed by atoms with Gasteiger partial charge in [-0.3, -0.25) is 14.6 Å². The van der Waals surface area contributed by atoms with E-state index in [0.717, 1.165) is 46.9 Å². The van der Waals surface area contributed by atoms with Gasteiger partial charge in [-0.1, -0.05) is 18.2 Å². The van der Waals surface area contributed by atoms with Crippen LogP contribution in [0, 0.1) is 13.8 Å². The van der Waals surface area contributed by atoms with E-state index in [4.69, 9.17) is 0 Å². The quantitative estimate of drug-likeness (QED) is 0.823. The highest BCUT2D eigenvalue weighted by Crippen LogP contribution is 2.38. The van der Waals surface area contributed by atoms with Gasteiger partial charge in [0.15, 0.2) is 0 Å². The number of aromatic nitrogens is 1. The molecule has 0 radical (unpaired) electrons. The summed E-state index contributed by atoms with van der Waals surface area (Å²) in [5.41, 5.74) is 6.08. The molecule has 1 fully saturated rings. The number of nitrogens with one attached hydrogen (secondary N) is 2. The van der Waals surface area contributed by atoms with Gasteiger partial charge in [0.1, 0.15) is 0 Å². The SMILES string of the molecule is Cc1cc(C)c(C=C2C(=O)N(CN3CC(C)NC(C)C3)c3ccccc32)[nH]1. The Balaban J connectivity index is 1.67. The third kappa shape index (κ3) is 3.45. The fraction of sp³-hybridized carbons (Fsp3) is 0.409. The molecule has 5 heteroatoms. The molecule has 1 aromatic carbocycles. The molecule has 3 heterocycles. The number of carbonyl (C=O) groups excluding carboxylic acids is 1. The van der Waals surface area contributed by atoms with Gasteiger partial charge < -0.3 is 10.3 Å². The third-order valence-electron chi connectivity index (χ3n) is 5.41. The van der Waals surface area contributed by atoms with Crippen molar-refractivity contribution in [3.63, 3.8) is 0 Å². The Morgan fingerprint density at radius 2 is 1.85 bits per heavy atom. The fourth-order valence-electron chi connectivity index (χ4n) is 4.39. The van der Waals surface area contributed by atoms with E-state index in [-0.39, 0.29) is 5.91 Å². The molecule has 4 rings (SSSR count). The lowest BCUT2D eigenvalue weighted by Gasteiger charge is -2.38. The molecule has 0 spiro atoms. The maximum atomic E-state index is 13.3. The first-order valence-corrected chi connectivity index (χ1v) is 9.70. The Kier molecular flexibility index (Phi) is 4.66. The average Bonchev–Trinajstić information content (AvgIpc) is 3.05. The Labute approximate surface area is 161 Å². The molecule has 1 amide bonds. The van der Waals surface area contributed by atoms with Gasteiger partial charge in [0.05, 0.1) is 17.9 Å². The van der Waals surface area contributed by atoms with Crippen LogP contribution in [0.1, 0.15) is 36.4 Å². The summed E-state index contributed by atoms with van der Waals surface area (Å²) < 4.78 is 0. The fourth-order valence-corrected chi connectivity index (χ4v) is 4.39. The second-order valence-corrected chi connectivity index (χ2v) is 8.00. The number of fused-ring (bicyclic) bond motifs is 1. The van der Waals surface area contributed by atoms with E-state index in [1.165, 1.54) is 0 Å². The van der Waals surface area contributed by atoms with E-state index in [2.05, 4.69) is 48.1 Å². The van der Waals surface area contributed by atoms with Gasteiger partial charge in [0, 0.05) is 42.1 Å². The Morgan fingerprint density at radius 3 is 2.52 bits per heavy atom. The van der Waals surface area contributed by atoms with Gasteiger partial charge in [0.2, 0.25) is 0 Å². The van der Waals surface area contributed by atoms with Gasteiger partial charge in [-0.25, -0.2) is 0 Å². The summed E-state index contributed by atoms with van der Waals surface area (Å²) in [6.45, 7) is 11.0. The molecule has 0 bridgehead atoms. The van der Waals surface area contributed by atoms with Gasteiger partial charge in [-0.05, 0) is 51.5 Å². The molecule has 2 atom stereocenters. The molecule has 0 aliphatic carbocycles. The normalized spacial score (nSPS) is 24.7. The van der Waals surface area contributed by atoms with Crippen LogP contribution in [0.3, 0.4) is 0 Å². The summed E-state index contributed by atoms with van der Waals surface area (Å²) in [4.78, 5) is 21.0. The second kappa shape index (κ2) is 6.98. The topological polar surface area (TPSA) is 51.4 Å². The molecular formula is C22H28N4O. The highest BCUT2D eigenvalue weighted by atomic mass is 16.2. The van der Waals surface area contributed by atoms with Crippen LogP contribution in [0.2, 0.25) is 0 Å². The second-order valence-electron chi connectivity index (χ2n) is 8.00. The maximum absolute atomic E-state index is 13.3. The van der Waals surface area contributed by atoms with Crippen molar-refractivity contribution in [2.75, 3.05) is 24.7 Å². The highest BCUT2D eigenvalue weighted by Gasteiger charge is 2.34. The van der Waals surface area contributed by atoms with Crippen LogP contribution in [0.15, 0.2) is 30.3 Å². The van der Waals surface area contributed by atoms with Crippen molar-refractivity contribution in [2.45, 2.75) is 39.8 Å². The number of aryl methyl sites for hydroxylation is 2. The summed E-state index contributed by atoms with van der Waals surface area (Å²) in [5.74, 6) is 0.0849. The molecule has 1 aromatic heterocycles. The summed E-state index contributed by atoms with van der Waals surface area (Å²) >= 11 is 0. The average molecular weight is 364 g/mol. The summed E-state index contributed by atoms with van der Waals surface area (Å²) in [5, 5.41) is 3.55. The smallest absolute Gasteiger partial charge is 0.260 e. The Morgan fingerprint density at radius 1 is 1.15 bits per heavy atom. The van der Waals surface area contributed by atoms with Crippen LogP contribution in [-0.2, 0) is 4.79 Å². The van der Waals surface area contributed by atoms with E-state index >= 15 is 0 Å². The molecule has 2 aliphatic rings. The van der Waals surface area contributed by atoms with Gasteiger partial charge in [0.25, 0.3) is 5.91 Å². The van der Waals surface area contributed by atoms with Crippen LogP contribution in [0.5, 0.6) is 0 Å². The Hall–Kier alpha value is -2.37. The molecule has 142 valence electrons. The first-order valence-electron chi connectivity index (χ1n) is 9.70. The van der Waals surface area contributed by atoms with Crippen LogP contribution >= 0.6 is 0 Å². The van der Waals surface area contributed by atoms with Crippen molar-refractivity contribution in [2.24, 2.45) is 0 Å². The highest BCUT2D eigenvalue weighted by molar-refractivity contribution is 6.35. The standard InChI is InChI=1S/C22H28N4O/c1-14-9-15(2)24-20(14)10-19-18-7-5-6-8-21(18)26(22(19)27)13-25-11-16(3)23-17(4)12-25/h5-10,16-17,23-24H,11-13H2,1-4H3. The van der Waals surface area contributed by atoms with E-state index in [9.17, 15) is 4.79 Å². The summed E-state index contributed by atoms with van der Waals surface area (Å²) in [6, 6.07) is 11.1. The van der Waals surface area contributed by atoms with Crippen molar-refractivity contribution in [3.8, 4) is 0 Å². The van der Waals surface area contributed by atoms with Crippen molar-refractivity contribution in [3.05, 3.63) is 52.8 Å². The number of para-hydroxylation sites is 1. The number of nitrogens with zero attached hydrogens (tertiary/aromatic N) is 2. The minimum absolute atomic E-state index is 0.0849. The summed E-state index contributed by atoms with van der Waals surface area (Å²) in [7, 11) is 0. The van der Waals surface area contributed by atoms with E-state index < -0.39 is 0 Å². The van der Waals surface area contributed by atoms with Crippen LogP contribution in [0.25, 0.3) is 11.6 Å². The predicted molar refractivity (Wildman–Crippen MR) is 111 cm³/mol. The molecule has 1 saturated heterocycles. The van der Waals surface area contributed by atoms with Crippen molar-refractivity contribution in [1.82, 2.24) is 15.2 Å². The first-order chi connectivity index (χ1) is 12.9. The van der Waals surface area contributed by atoms with Gasteiger partial charge >= 0.3 is 0 Å². The molecule has 2 unspecified atom stereocenters. The molecule has 0 saturated carbocycles. The van der Waals surface area contributed by atoms with E-state index in [1.807, 2.05) is 36.1 Å². The van der Waals surface area contributed by atoms with Crippen LogP contribution < -0.4 is 10.2 Å². The van der Waals surface area contributed by atoms with Crippen molar-refractivity contribution >= 4 is 23.2 Å². The molecule has 5 nitrogen and oxygen atoms in total. The zero-order valence-electron chi connectivity index (χ0n) is 16.5. The number of amides is 1. The van der Waals surface area contributed by atoms with Crippen LogP contribution in [-0.4, -0.2) is 47.6 Å². The van der Waals surface area contributed by atoms with E-state index in [1.54, 1.807) is 0 Å². The van der Waals surface area contributed by atoms with Gasteiger partial charge in [-0.15, -0.1) is 0 Å². The molecule has 27 heavy (non-hydrogen) atoms. The van der Waals surface area contributed by atoms with Crippen molar-refractivity contribution in [1.29, 1.82) is 0 Å². The molecular weight excluding hydrogens is 336 g/mol. The molecule has 2 aliphatic heterocycles. The maximum Gasteiger partial charge on any atom is 0.260 e. The third-order valence-corrected chi connectivity index (χ3v) is 5.41. The number of piperazine rings is 1. The van der Waals surface area contributed by atoms with Crippen molar-refractivity contribution < 1.29 is 4.79 Å². The lowest BCUT2D eigenvalue weighted by atomic mass is 10.1. The lowest BCUT2D eigenvalue weighted by molar-refractivity contribution is -0.113. The summed E-state index contributed by atoms with van der Waals surface area (Å²) in [6.07, 6.45) is 2.01. The van der Waals surface area contributed by atoms with Crippen LogP contribution in [0.4, 0.5) is 5.69 Å². The first kappa shape index (κ1) is 18.0. The minimum atomic E-state index is 0.0849. The zero-order valence-corrected chi connectivity index (χ0v) is 16.5. The number of hydrogen-bond donors (Lipinski definition) is 2. The number of H-pyrrole nitrogens is 1. The number of rotatable bonds is 3. The largest absolute Gasteiger partial charge is 0.359 e. The van der Waals surface area contributed by atoms with Gasteiger partial charge in [-0.2, -0.15) is 0 Å². The predicted octanol–water partition coefficient (Wildman–Crippen LogP) is 3.16. The zero-order chi connectivity index (χ0) is 19.1. The number of anilines is 1. The number of carbonyl (C=O) groups is 1. The Bertz CT molecular complexity index is 887. The monoisotopic (exact) mass is 364 g/mol. The molecule has 2 N–H and O–H groups in total. The number of aromatic amines is 1. The molecule has 2 aromatic rings. The number of benzene rings is 1. The number of hydrogen-bond acceptors (Lipinski definition) is 3. The van der Waals surface area contributed by atoms with E-state index in [0.29, 0.717) is 18.8 Å².